The van der Waals surface area contributed by atoms with Crippen LogP contribution in [0.25, 0.3) is 0 Å². The summed E-state index contributed by atoms with van der Waals surface area (Å²) < 4.78 is 26.6. The fourth-order valence-corrected chi connectivity index (χ4v) is 3.70. The molecule has 0 saturated carbocycles. The van der Waals surface area contributed by atoms with Gasteiger partial charge in [0.05, 0.1) is 16.5 Å². The van der Waals surface area contributed by atoms with Gasteiger partial charge in [-0.05, 0) is 40.5 Å². The van der Waals surface area contributed by atoms with Gasteiger partial charge in [-0.25, -0.2) is 8.42 Å². The Morgan fingerprint density at radius 1 is 1.45 bits per heavy atom. The van der Waals surface area contributed by atoms with E-state index >= 15 is 0 Å². The summed E-state index contributed by atoms with van der Waals surface area (Å²) >= 11 is 9.03. The number of unbranched alkanes of at least 4 members (excludes halogenated alkanes) is 1. The molecular formula is C12H16BrClN2O3S. The quantitative estimate of drug-likeness (QED) is 0.785. The first-order valence-electron chi connectivity index (χ1n) is 6.02. The van der Waals surface area contributed by atoms with Crippen LogP contribution in [0.2, 0.25) is 5.02 Å². The number of rotatable bonds is 7. The Balaban J connectivity index is 3.13. The summed E-state index contributed by atoms with van der Waals surface area (Å²) in [6.07, 6.45) is 1.47. The van der Waals surface area contributed by atoms with Crippen LogP contribution < -0.4 is 5.73 Å². The predicted molar refractivity (Wildman–Crippen MR) is 82.0 cm³/mol. The van der Waals surface area contributed by atoms with Crippen LogP contribution >= 0.6 is 27.5 Å². The zero-order chi connectivity index (χ0) is 15.3. The second kappa shape index (κ2) is 7.40. The maximum atomic E-state index is 12.5. The summed E-state index contributed by atoms with van der Waals surface area (Å²) in [6, 6.07) is 4.31. The summed E-state index contributed by atoms with van der Waals surface area (Å²) in [7, 11) is -3.76. The van der Waals surface area contributed by atoms with Gasteiger partial charge in [0.15, 0.2) is 0 Å². The normalized spacial score (nSPS) is 11.8. The summed E-state index contributed by atoms with van der Waals surface area (Å²) in [5.41, 5.74) is 5.12. The summed E-state index contributed by atoms with van der Waals surface area (Å²) in [5.74, 6) is -0.683. The Morgan fingerprint density at radius 3 is 2.60 bits per heavy atom. The number of carbonyl (C=O) groups excluding carboxylic acids is 1. The van der Waals surface area contributed by atoms with Gasteiger partial charge in [0, 0.05) is 11.0 Å². The number of nitrogens with two attached hydrogens (primary N) is 1. The van der Waals surface area contributed by atoms with E-state index in [1.54, 1.807) is 0 Å². The van der Waals surface area contributed by atoms with Crippen molar-refractivity contribution in [3.05, 3.63) is 27.7 Å². The number of halogens is 2. The fourth-order valence-electron chi connectivity index (χ4n) is 1.58. The van der Waals surface area contributed by atoms with E-state index in [-0.39, 0.29) is 18.0 Å². The van der Waals surface area contributed by atoms with Crippen LogP contribution in [0.1, 0.15) is 19.8 Å². The lowest BCUT2D eigenvalue weighted by molar-refractivity contribution is -0.118. The van der Waals surface area contributed by atoms with Gasteiger partial charge in [0.25, 0.3) is 0 Å². The SMILES string of the molecule is CCCCN(CC(N)=O)S(=O)(=O)c1ccc(Cl)c(Br)c1. The molecule has 0 unspecified atom stereocenters. The van der Waals surface area contributed by atoms with Gasteiger partial charge in [-0.3, -0.25) is 4.79 Å². The first-order valence-corrected chi connectivity index (χ1v) is 8.63. The standard InChI is InChI=1S/C12H16BrClN2O3S/c1-2-3-6-16(8-12(15)17)20(18,19)9-4-5-11(14)10(13)7-9/h4-5,7H,2-3,6,8H2,1H3,(H2,15,17). The minimum absolute atomic E-state index is 0.0751. The van der Waals surface area contributed by atoms with Gasteiger partial charge < -0.3 is 5.73 Å². The minimum atomic E-state index is -3.76. The highest BCUT2D eigenvalue weighted by Gasteiger charge is 2.25. The Kier molecular flexibility index (Phi) is 6.44. The molecule has 1 aromatic rings. The molecule has 5 nitrogen and oxygen atoms in total. The van der Waals surface area contributed by atoms with Crippen molar-refractivity contribution >= 4 is 43.5 Å². The third kappa shape index (κ3) is 4.44. The second-order valence-corrected chi connectivity index (χ2v) is 7.43. The van der Waals surface area contributed by atoms with Crippen molar-refractivity contribution in [2.24, 2.45) is 5.73 Å². The maximum Gasteiger partial charge on any atom is 0.243 e. The molecule has 1 rings (SSSR count). The molecule has 0 fully saturated rings. The van der Waals surface area contributed by atoms with Crippen LogP contribution in [-0.4, -0.2) is 31.7 Å². The van der Waals surface area contributed by atoms with E-state index in [0.717, 1.165) is 10.7 Å². The Labute approximate surface area is 132 Å². The van der Waals surface area contributed by atoms with Crippen molar-refractivity contribution in [2.45, 2.75) is 24.7 Å². The van der Waals surface area contributed by atoms with Gasteiger partial charge in [-0.1, -0.05) is 24.9 Å². The van der Waals surface area contributed by atoms with Gasteiger partial charge >= 0.3 is 0 Å². The van der Waals surface area contributed by atoms with E-state index in [0.29, 0.717) is 15.9 Å². The lowest BCUT2D eigenvalue weighted by Gasteiger charge is -2.20. The third-order valence-corrected chi connectivity index (χ3v) is 5.68. The Hall–Kier alpha value is -0.630. The summed E-state index contributed by atoms with van der Waals surface area (Å²) in [6.45, 7) is 1.86. The molecular weight excluding hydrogens is 368 g/mol. The van der Waals surface area contributed by atoms with E-state index in [1.165, 1.54) is 18.2 Å². The van der Waals surface area contributed by atoms with E-state index < -0.39 is 15.9 Å². The molecule has 0 aliphatic carbocycles. The molecule has 20 heavy (non-hydrogen) atoms. The first-order chi connectivity index (χ1) is 9.28. The molecule has 1 amide bonds. The van der Waals surface area contributed by atoms with Gasteiger partial charge in [-0.2, -0.15) is 4.31 Å². The summed E-state index contributed by atoms with van der Waals surface area (Å²) in [4.78, 5) is 11.1. The zero-order valence-electron chi connectivity index (χ0n) is 11.0. The molecule has 1 aromatic carbocycles. The Morgan fingerprint density at radius 2 is 2.10 bits per heavy atom. The maximum absolute atomic E-state index is 12.5. The van der Waals surface area contributed by atoms with E-state index in [9.17, 15) is 13.2 Å². The van der Waals surface area contributed by atoms with Gasteiger partial charge in [-0.15, -0.1) is 0 Å². The topological polar surface area (TPSA) is 80.5 Å². The second-order valence-electron chi connectivity index (χ2n) is 4.23. The van der Waals surface area contributed by atoms with Gasteiger partial charge in [0.2, 0.25) is 15.9 Å². The van der Waals surface area contributed by atoms with Crippen molar-refractivity contribution in [3.63, 3.8) is 0 Å². The molecule has 2 N–H and O–H groups in total. The molecule has 0 heterocycles. The van der Waals surface area contributed by atoms with Crippen molar-refractivity contribution in [2.75, 3.05) is 13.1 Å². The number of benzene rings is 1. The van der Waals surface area contributed by atoms with Crippen molar-refractivity contribution in [1.82, 2.24) is 4.31 Å². The lowest BCUT2D eigenvalue weighted by atomic mass is 10.3. The smallest absolute Gasteiger partial charge is 0.243 e. The number of carbonyl (C=O) groups is 1. The summed E-state index contributed by atoms with van der Waals surface area (Å²) in [5, 5.41) is 0.416. The highest BCUT2D eigenvalue weighted by molar-refractivity contribution is 9.10. The molecule has 0 aliphatic heterocycles. The van der Waals surface area contributed by atoms with Crippen molar-refractivity contribution in [1.29, 1.82) is 0 Å². The highest BCUT2D eigenvalue weighted by atomic mass is 79.9. The van der Waals surface area contributed by atoms with Crippen LogP contribution in [0, 0.1) is 0 Å². The number of hydrogen-bond acceptors (Lipinski definition) is 3. The molecule has 0 saturated heterocycles. The van der Waals surface area contributed by atoms with Gasteiger partial charge in [0.1, 0.15) is 0 Å². The Bertz CT molecular complexity index is 592. The van der Waals surface area contributed by atoms with E-state index in [1.807, 2.05) is 6.92 Å². The molecule has 0 radical (unpaired) electrons. The monoisotopic (exact) mass is 382 g/mol. The lowest BCUT2D eigenvalue weighted by Crippen LogP contribution is -2.39. The average molecular weight is 384 g/mol. The van der Waals surface area contributed by atoms with Crippen molar-refractivity contribution in [3.8, 4) is 0 Å². The highest BCUT2D eigenvalue weighted by Crippen LogP contribution is 2.27. The largest absolute Gasteiger partial charge is 0.369 e. The molecule has 0 spiro atoms. The fraction of sp³-hybridized carbons (Fsp3) is 0.417. The number of hydrogen-bond donors (Lipinski definition) is 1. The van der Waals surface area contributed by atoms with Crippen LogP contribution in [0.3, 0.4) is 0 Å². The van der Waals surface area contributed by atoms with E-state index in [4.69, 9.17) is 17.3 Å². The predicted octanol–water partition coefficient (Wildman–Crippen LogP) is 2.38. The average Bonchev–Trinajstić information content (AvgIpc) is 2.37. The minimum Gasteiger partial charge on any atom is -0.369 e. The molecule has 8 heteroatoms. The third-order valence-electron chi connectivity index (χ3n) is 2.62. The van der Waals surface area contributed by atoms with Crippen molar-refractivity contribution < 1.29 is 13.2 Å². The van der Waals surface area contributed by atoms with Crippen LogP contribution in [-0.2, 0) is 14.8 Å². The molecule has 112 valence electrons. The number of primary amides is 1. The number of amides is 1. The number of nitrogens with zero attached hydrogens (tertiary/aromatic N) is 1. The molecule has 0 atom stereocenters. The van der Waals surface area contributed by atoms with Crippen LogP contribution in [0.15, 0.2) is 27.6 Å². The zero-order valence-corrected chi connectivity index (χ0v) is 14.1. The number of sulfonamides is 1. The molecule has 0 bridgehead atoms. The first kappa shape index (κ1) is 17.4. The van der Waals surface area contributed by atoms with E-state index in [2.05, 4.69) is 15.9 Å². The molecule has 0 aliphatic rings. The van der Waals surface area contributed by atoms with Crippen LogP contribution in [0.5, 0.6) is 0 Å². The van der Waals surface area contributed by atoms with Crippen LogP contribution in [0.4, 0.5) is 0 Å². The molecule has 0 aromatic heterocycles.